The van der Waals surface area contributed by atoms with Crippen LogP contribution < -0.4 is 0 Å². The maximum atomic E-state index is 10.9. The van der Waals surface area contributed by atoms with Gasteiger partial charge in [0.05, 0.1) is 5.75 Å². The van der Waals surface area contributed by atoms with Crippen molar-refractivity contribution in [3.63, 3.8) is 0 Å². The second kappa shape index (κ2) is 6.75. The predicted octanol–water partition coefficient (Wildman–Crippen LogP) is -1.97. The van der Waals surface area contributed by atoms with Crippen LogP contribution in [0.4, 0.5) is 0 Å². The molecule has 0 rings (SSSR count). The van der Waals surface area contributed by atoms with E-state index in [0.29, 0.717) is 0 Å². The van der Waals surface area contributed by atoms with Gasteiger partial charge < -0.3 is 15.3 Å². The Hall–Kier alpha value is -0.650. The lowest BCUT2D eigenvalue weighted by Gasteiger charge is -2.03. The van der Waals surface area contributed by atoms with Crippen molar-refractivity contribution >= 4 is 10.1 Å². The zero-order valence-electron chi connectivity index (χ0n) is 7.38. The van der Waals surface area contributed by atoms with E-state index in [2.05, 4.69) is 16.0 Å². The molecule has 0 heterocycles. The van der Waals surface area contributed by atoms with Crippen LogP contribution in [0, 0.1) is 11.8 Å². The normalized spacial score (nSPS) is 11.1. The van der Waals surface area contributed by atoms with Gasteiger partial charge in [-0.15, -0.1) is 0 Å². The fourth-order valence-electron chi connectivity index (χ4n) is 0.535. The van der Waals surface area contributed by atoms with Crippen molar-refractivity contribution in [2.75, 3.05) is 19.0 Å². The smallest absolute Gasteiger partial charge is 0.268 e. The molecule has 0 radical (unpaired) electrons. The standard InChI is InChI=1S/C7H12O6S/c8-4-1-2-5-13-14(11,12)6-3-7(9)10/h7-10H,3-6H2. The van der Waals surface area contributed by atoms with E-state index in [0.717, 1.165) is 0 Å². The molecule has 0 atom stereocenters. The van der Waals surface area contributed by atoms with Gasteiger partial charge in [-0.1, -0.05) is 11.8 Å². The van der Waals surface area contributed by atoms with E-state index in [1.807, 2.05) is 0 Å². The Morgan fingerprint density at radius 2 is 1.93 bits per heavy atom. The van der Waals surface area contributed by atoms with Gasteiger partial charge in [-0.2, -0.15) is 8.42 Å². The van der Waals surface area contributed by atoms with Gasteiger partial charge in [0.25, 0.3) is 10.1 Å². The van der Waals surface area contributed by atoms with Crippen molar-refractivity contribution in [1.82, 2.24) is 0 Å². The first-order chi connectivity index (χ1) is 6.48. The summed E-state index contributed by atoms with van der Waals surface area (Å²) in [5.74, 6) is 3.97. The zero-order valence-corrected chi connectivity index (χ0v) is 8.20. The molecule has 0 aromatic carbocycles. The number of aliphatic hydroxyl groups excluding tert-OH is 2. The van der Waals surface area contributed by atoms with Crippen LogP contribution in [0.2, 0.25) is 0 Å². The first kappa shape index (κ1) is 13.4. The van der Waals surface area contributed by atoms with Gasteiger partial charge in [0.15, 0.2) is 6.29 Å². The Morgan fingerprint density at radius 3 is 2.43 bits per heavy atom. The van der Waals surface area contributed by atoms with Crippen LogP contribution in [-0.2, 0) is 14.3 Å². The van der Waals surface area contributed by atoms with Gasteiger partial charge in [0.1, 0.15) is 13.2 Å². The average molecular weight is 224 g/mol. The van der Waals surface area contributed by atoms with E-state index >= 15 is 0 Å². The van der Waals surface area contributed by atoms with E-state index in [4.69, 9.17) is 15.3 Å². The van der Waals surface area contributed by atoms with Crippen LogP contribution in [0.25, 0.3) is 0 Å². The summed E-state index contributed by atoms with van der Waals surface area (Å²) in [6.45, 7) is -0.705. The maximum Gasteiger partial charge on any atom is 0.268 e. The molecule has 3 N–H and O–H groups in total. The second-order valence-corrected chi connectivity index (χ2v) is 4.06. The van der Waals surface area contributed by atoms with Gasteiger partial charge in [-0.05, 0) is 0 Å². The summed E-state index contributed by atoms with van der Waals surface area (Å²) in [5.41, 5.74) is 0. The molecule has 6 nitrogen and oxygen atoms in total. The first-order valence-corrected chi connectivity index (χ1v) is 5.35. The van der Waals surface area contributed by atoms with E-state index in [1.54, 1.807) is 0 Å². The molecule has 0 aromatic heterocycles. The third-order valence-corrected chi connectivity index (χ3v) is 2.35. The zero-order chi connectivity index (χ0) is 11.0. The highest BCUT2D eigenvalue weighted by molar-refractivity contribution is 7.86. The molecule has 0 unspecified atom stereocenters. The molecule has 0 aliphatic carbocycles. The van der Waals surface area contributed by atoms with Gasteiger partial charge in [0, 0.05) is 6.42 Å². The fraction of sp³-hybridized carbons (Fsp3) is 0.714. The monoisotopic (exact) mass is 224 g/mol. The summed E-state index contributed by atoms with van der Waals surface area (Å²) in [7, 11) is -3.76. The lowest BCUT2D eigenvalue weighted by Crippen LogP contribution is -2.16. The van der Waals surface area contributed by atoms with Crippen LogP contribution in [0.1, 0.15) is 6.42 Å². The molecule has 14 heavy (non-hydrogen) atoms. The summed E-state index contributed by atoms with van der Waals surface area (Å²) < 4.78 is 26.2. The van der Waals surface area contributed by atoms with Crippen LogP contribution in [0.15, 0.2) is 0 Å². The quantitative estimate of drug-likeness (QED) is 0.284. The van der Waals surface area contributed by atoms with Gasteiger partial charge in [-0.3, -0.25) is 4.18 Å². The molecule has 0 aromatic rings. The average Bonchev–Trinajstić information content (AvgIpc) is 2.10. The molecule has 82 valence electrons. The summed E-state index contributed by atoms with van der Waals surface area (Å²) in [5, 5.41) is 25.0. The molecule has 0 fully saturated rings. The van der Waals surface area contributed by atoms with Crippen LogP contribution >= 0.6 is 0 Å². The Morgan fingerprint density at radius 1 is 1.29 bits per heavy atom. The fourth-order valence-corrected chi connectivity index (χ4v) is 1.39. The number of rotatable bonds is 5. The Balaban J connectivity index is 3.84. The SMILES string of the molecule is O=S(=O)(CCC(O)O)OCC#CCO. The van der Waals surface area contributed by atoms with Crippen molar-refractivity contribution < 1.29 is 27.9 Å². The Bertz CT molecular complexity index is 296. The highest BCUT2D eigenvalue weighted by Crippen LogP contribution is 1.97. The third kappa shape index (κ3) is 7.97. The van der Waals surface area contributed by atoms with Crippen molar-refractivity contribution in [3.05, 3.63) is 0 Å². The highest BCUT2D eigenvalue weighted by Gasteiger charge is 2.12. The maximum absolute atomic E-state index is 10.9. The van der Waals surface area contributed by atoms with Crippen molar-refractivity contribution in [3.8, 4) is 11.8 Å². The van der Waals surface area contributed by atoms with Gasteiger partial charge >= 0.3 is 0 Å². The second-order valence-electron chi connectivity index (χ2n) is 2.30. The number of hydrogen-bond acceptors (Lipinski definition) is 6. The first-order valence-electron chi connectivity index (χ1n) is 3.78. The predicted molar refractivity (Wildman–Crippen MR) is 47.4 cm³/mol. The van der Waals surface area contributed by atoms with Gasteiger partial charge in [-0.25, -0.2) is 0 Å². The van der Waals surface area contributed by atoms with Crippen LogP contribution in [0.5, 0.6) is 0 Å². The summed E-state index contributed by atoms with van der Waals surface area (Å²) in [6.07, 6.45) is -1.98. The topological polar surface area (TPSA) is 104 Å². The van der Waals surface area contributed by atoms with E-state index < -0.39 is 22.2 Å². The molecule has 0 saturated carbocycles. The molecular weight excluding hydrogens is 212 g/mol. The third-order valence-electron chi connectivity index (χ3n) is 1.14. The molecule has 0 bridgehead atoms. The van der Waals surface area contributed by atoms with E-state index in [9.17, 15) is 8.42 Å². The summed E-state index contributed by atoms with van der Waals surface area (Å²) in [4.78, 5) is 0. The van der Waals surface area contributed by atoms with Crippen molar-refractivity contribution in [1.29, 1.82) is 0 Å². The number of hydrogen-bond donors (Lipinski definition) is 3. The lowest BCUT2D eigenvalue weighted by atomic mass is 10.5. The minimum absolute atomic E-state index is 0.310. The van der Waals surface area contributed by atoms with Gasteiger partial charge in [0.2, 0.25) is 0 Å². The molecular formula is C7H12O6S. The number of aliphatic hydroxyl groups is 3. The van der Waals surface area contributed by atoms with Crippen LogP contribution in [-0.4, -0.2) is 49.0 Å². The lowest BCUT2D eigenvalue weighted by molar-refractivity contribution is -0.0410. The molecule has 7 heteroatoms. The van der Waals surface area contributed by atoms with Crippen molar-refractivity contribution in [2.45, 2.75) is 12.7 Å². The Kier molecular flexibility index (Phi) is 6.44. The summed E-state index contributed by atoms with van der Waals surface area (Å²) in [6, 6.07) is 0. The van der Waals surface area contributed by atoms with E-state index in [-0.39, 0.29) is 19.6 Å². The minimum atomic E-state index is -3.76. The van der Waals surface area contributed by atoms with E-state index in [1.165, 1.54) is 0 Å². The molecule has 0 aliphatic heterocycles. The molecule has 0 spiro atoms. The molecule has 0 saturated heterocycles. The molecule has 0 amide bonds. The minimum Gasteiger partial charge on any atom is -0.384 e. The largest absolute Gasteiger partial charge is 0.384 e. The molecule has 0 aliphatic rings. The summed E-state index contributed by atoms with van der Waals surface area (Å²) >= 11 is 0. The highest BCUT2D eigenvalue weighted by atomic mass is 32.2. The van der Waals surface area contributed by atoms with Crippen LogP contribution in [0.3, 0.4) is 0 Å². The Labute approximate surface area is 82.3 Å². The van der Waals surface area contributed by atoms with Crippen molar-refractivity contribution in [2.24, 2.45) is 0 Å².